The van der Waals surface area contributed by atoms with E-state index in [9.17, 15) is 0 Å². The van der Waals surface area contributed by atoms with Crippen LogP contribution in [-0.4, -0.2) is 47.8 Å². The van der Waals surface area contributed by atoms with Gasteiger partial charge in [0.1, 0.15) is 0 Å². The van der Waals surface area contributed by atoms with E-state index in [0.29, 0.717) is 12.6 Å². The summed E-state index contributed by atoms with van der Waals surface area (Å²) >= 11 is 0. The molecule has 0 N–H and O–H groups in total. The number of hydrogen-bond donors (Lipinski definition) is 0. The van der Waals surface area contributed by atoms with Gasteiger partial charge in [0.05, 0.1) is 25.4 Å². The maximum absolute atomic E-state index is 6.22. The van der Waals surface area contributed by atoms with E-state index in [1.807, 2.05) is 24.5 Å². The van der Waals surface area contributed by atoms with Gasteiger partial charge < -0.3 is 9.47 Å². The Balaban J connectivity index is 1.65. The minimum atomic E-state index is 0.220. The second-order valence-corrected chi connectivity index (χ2v) is 5.72. The van der Waals surface area contributed by atoms with E-state index >= 15 is 0 Å². The van der Waals surface area contributed by atoms with Crippen LogP contribution in [0, 0.1) is 0 Å². The summed E-state index contributed by atoms with van der Waals surface area (Å²) < 4.78 is 12.2. The lowest BCUT2D eigenvalue weighted by Crippen LogP contribution is -2.43. The fourth-order valence-corrected chi connectivity index (χ4v) is 3.42. The van der Waals surface area contributed by atoms with Crippen LogP contribution in [0.1, 0.15) is 31.7 Å². The summed E-state index contributed by atoms with van der Waals surface area (Å²) in [4.78, 5) is 6.61. The van der Waals surface area contributed by atoms with Gasteiger partial charge in [-0.25, -0.2) is 0 Å². The fraction of sp³-hybridized carbons (Fsp3) is 0.688. The lowest BCUT2D eigenvalue weighted by atomic mass is 10.1. The first kappa shape index (κ1) is 14.0. The Morgan fingerprint density at radius 1 is 1.35 bits per heavy atom. The van der Waals surface area contributed by atoms with Crippen LogP contribution in [0.5, 0.6) is 0 Å². The molecule has 4 nitrogen and oxygen atoms in total. The van der Waals surface area contributed by atoms with Crippen molar-refractivity contribution in [2.45, 2.75) is 51.0 Å². The maximum atomic E-state index is 6.22. The fourth-order valence-electron chi connectivity index (χ4n) is 3.42. The summed E-state index contributed by atoms with van der Waals surface area (Å²) in [5, 5.41) is 0. The third kappa shape index (κ3) is 3.03. The van der Waals surface area contributed by atoms with Crippen molar-refractivity contribution in [3.8, 4) is 0 Å². The van der Waals surface area contributed by atoms with Gasteiger partial charge >= 0.3 is 0 Å². The minimum Gasteiger partial charge on any atom is -0.374 e. The van der Waals surface area contributed by atoms with Crippen molar-refractivity contribution in [3.63, 3.8) is 0 Å². The van der Waals surface area contributed by atoms with E-state index in [4.69, 9.17) is 9.47 Å². The van der Waals surface area contributed by atoms with Gasteiger partial charge in [0.25, 0.3) is 0 Å². The van der Waals surface area contributed by atoms with Crippen molar-refractivity contribution >= 4 is 0 Å². The molecule has 2 aliphatic rings. The maximum Gasteiger partial charge on any atom is 0.0995 e. The Bertz CT molecular complexity index is 412. The van der Waals surface area contributed by atoms with Gasteiger partial charge in [-0.05, 0) is 43.5 Å². The van der Waals surface area contributed by atoms with Crippen molar-refractivity contribution in [2.75, 3.05) is 19.7 Å². The normalized spacial score (nSPS) is 30.4. The van der Waals surface area contributed by atoms with E-state index in [0.717, 1.165) is 26.1 Å². The molecule has 1 saturated carbocycles. The molecule has 0 spiro atoms. The summed E-state index contributed by atoms with van der Waals surface area (Å²) in [6.45, 7) is 5.94. The molecule has 1 saturated heterocycles. The number of fused-ring (bicyclic) bond motifs is 2. The van der Waals surface area contributed by atoms with Gasteiger partial charge in [0, 0.05) is 25.0 Å². The summed E-state index contributed by atoms with van der Waals surface area (Å²) in [6.07, 6.45) is 7.66. The highest BCUT2D eigenvalue weighted by Crippen LogP contribution is 2.32. The molecule has 3 rings (SSSR count). The summed E-state index contributed by atoms with van der Waals surface area (Å²) in [5.74, 6) is 0. The zero-order valence-electron chi connectivity index (χ0n) is 12.2. The molecule has 1 aromatic heterocycles. The highest BCUT2D eigenvalue weighted by atomic mass is 16.5. The second kappa shape index (κ2) is 6.66. The van der Waals surface area contributed by atoms with E-state index in [1.54, 1.807) is 0 Å². The molecule has 110 valence electrons. The molecule has 1 aromatic rings. The summed E-state index contributed by atoms with van der Waals surface area (Å²) in [7, 11) is 0. The molecular weight excluding hydrogens is 252 g/mol. The Kier molecular flexibility index (Phi) is 4.65. The number of ether oxygens (including phenoxy) is 2. The van der Waals surface area contributed by atoms with Crippen LogP contribution in [0.4, 0.5) is 0 Å². The average Bonchev–Trinajstić information content (AvgIpc) is 2.78. The zero-order chi connectivity index (χ0) is 13.8. The third-order valence-corrected chi connectivity index (χ3v) is 4.37. The van der Waals surface area contributed by atoms with Crippen LogP contribution in [0.2, 0.25) is 0 Å². The predicted molar refractivity (Wildman–Crippen MR) is 77.4 cm³/mol. The van der Waals surface area contributed by atoms with Crippen molar-refractivity contribution in [1.29, 1.82) is 0 Å². The molecule has 3 atom stereocenters. The quantitative estimate of drug-likeness (QED) is 0.826. The highest BCUT2D eigenvalue weighted by molar-refractivity contribution is 5.08. The molecule has 20 heavy (non-hydrogen) atoms. The molecule has 0 amide bonds. The van der Waals surface area contributed by atoms with Gasteiger partial charge in [0.2, 0.25) is 0 Å². The smallest absolute Gasteiger partial charge is 0.0995 e. The van der Waals surface area contributed by atoms with Gasteiger partial charge in [-0.1, -0.05) is 6.92 Å². The van der Waals surface area contributed by atoms with Crippen LogP contribution >= 0.6 is 0 Å². The summed E-state index contributed by atoms with van der Waals surface area (Å²) in [5.41, 5.74) is 1.19. The van der Waals surface area contributed by atoms with Crippen LogP contribution < -0.4 is 0 Å². The lowest BCUT2D eigenvalue weighted by Gasteiger charge is -2.30. The van der Waals surface area contributed by atoms with Crippen LogP contribution in [0.3, 0.4) is 0 Å². The van der Waals surface area contributed by atoms with Crippen molar-refractivity contribution in [1.82, 2.24) is 9.88 Å². The van der Waals surface area contributed by atoms with E-state index in [2.05, 4.69) is 16.8 Å². The number of rotatable bonds is 5. The van der Waals surface area contributed by atoms with E-state index in [1.165, 1.54) is 18.4 Å². The van der Waals surface area contributed by atoms with Crippen molar-refractivity contribution < 1.29 is 9.47 Å². The van der Waals surface area contributed by atoms with Crippen LogP contribution in [-0.2, 0) is 16.1 Å². The van der Waals surface area contributed by atoms with E-state index in [-0.39, 0.29) is 12.2 Å². The van der Waals surface area contributed by atoms with Gasteiger partial charge in [-0.2, -0.15) is 0 Å². The van der Waals surface area contributed by atoms with Crippen LogP contribution in [0.25, 0.3) is 0 Å². The molecule has 4 heteroatoms. The Labute approximate surface area is 121 Å². The number of aromatic nitrogens is 1. The number of hydrogen-bond acceptors (Lipinski definition) is 4. The molecule has 1 aliphatic carbocycles. The molecule has 0 aromatic carbocycles. The number of pyridine rings is 1. The molecular formula is C16H24N2O2. The minimum absolute atomic E-state index is 0.220. The van der Waals surface area contributed by atoms with Crippen molar-refractivity contribution in [3.05, 3.63) is 30.1 Å². The predicted octanol–water partition coefficient (Wildman–Crippen LogP) is 2.24. The zero-order valence-corrected chi connectivity index (χ0v) is 12.2. The molecule has 0 radical (unpaired) electrons. The highest BCUT2D eigenvalue weighted by Gasteiger charge is 2.42. The monoisotopic (exact) mass is 276 g/mol. The second-order valence-electron chi connectivity index (χ2n) is 5.72. The van der Waals surface area contributed by atoms with Crippen molar-refractivity contribution in [2.24, 2.45) is 0 Å². The Morgan fingerprint density at radius 2 is 2.20 bits per heavy atom. The largest absolute Gasteiger partial charge is 0.374 e. The van der Waals surface area contributed by atoms with E-state index < -0.39 is 0 Å². The number of nitrogens with zero attached hydrogens (tertiary/aromatic N) is 2. The topological polar surface area (TPSA) is 34.6 Å². The Morgan fingerprint density at radius 3 is 3.00 bits per heavy atom. The first-order valence-corrected chi connectivity index (χ1v) is 7.74. The first-order valence-electron chi connectivity index (χ1n) is 7.74. The standard InChI is InChI=1S/C16H24N2O2/c1-2-9-18-10-11-19-15-4-3-14(18)16(15)20-12-13-5-7-17-8-6-13/h5-8,14-16H,2-4,9-12H2,1H3/t14-,15-,16+/m0/s1. The molecule has 2 heterocycles. The average molecular weight is 276 g/mol. The third-order valence-electron chi connectivity index (χ3n) is 4.37. The lowest BCUT2D eigenvalue weighted by molar-refractivity contribution is -0.0610. The van der Waals surface area contributed by atoms with Gasteiger partial charge in [0.15, 0.2) is 0 Å². The molecule has 1 aliphatic heterocycles. The molecule has 0 unspecified atom stereocenters. The van der Waals surface area contributed by atoms with Gasteiger partial charge in [-0.3, -0.25) is 9.88 Å². The summed E-state index contributed by atoms with van der Waals surface area (Å²) in [6, 6.07) is 4.57. The van der Waals surface area contributed by atoms with Gasteiger partial charge in [-0.15, -0.1) is 0 Å². The molecule has 2 bridgehead atoms. The first-order chi connectivity index (χ1) is 9.88. The van der Waals surface area contributed by atoms with Crippen LogP contribution in [0.15, 0.2) is 24.5 Å². The molecule has 2 fully saturated rings. The Hall–Kier alpha value is -0.970. The SMILES string of the molecule is CCCN1CCO[C@H]2CC[C@H]1[C@H]2OCc1ccncc1.